The van der Waals surface area contributed by atoms with Gasteiger partial charge in [-0.15, -0.1) is 22.7 Å². The lowest BCUT2D eigenvalue weighted by Gasteiger charge is -2.28. The molecule has 3 heterocycles. The maximum atomic E-state index is 13.8. The molecule has 0 radical (unpaired) electrons. The SMILES string of the molecule is CCN(CC)S(=O)(=O)c1ccc(C(=O)N2N=C3/C(=C/c4cccs4)CCCC3C2c2cccs2)cc1. The Bertz CT molecular complexity index is 1370. The van der Waals surface area contributed by atoms with Gasteiger partial charge in [0.2, 0.25) is 10.0 Å². The van der Waals surface area contributed by atoms with Gasteiger partial charge in [-0.1, -0.05) is 26.0 Å². The predicted octanol–water partition coefficient (Wildman–Crippen LogP) is 6.28. The minimum atomic E-state index is -3.58. The number of amides is 1. The fourth-order valence-corrected chi connectivity index (χ4v) is 8.08. The lowest BCUT2D eigenvalue weighted by Crippen LogP contribution is -2.32. The van der Waals surface area contributed by atoms with E-state index >= 15 is 0 Å². The van der Waals surface area contributed by atoms with Crippen molar-refractivity contribution < 1.29 is 13.2 Å². The first-order valence-electron chi connectivity index (χ1n) is 12.2. The number of rotatable bonds is 7. The first-order valence-corrected chi connectivity index (χ1v) is 15.4. The van der Waals surface area contributed by atoms with Crippen LogP contribution < -0.4 is 0 Å². The predicted molar refractivity (Wildman–Crippen MR) is 147 cm³/mol. The molecule has 1 amide bonds. The molecular formula is C27H29N3O3S3. The average molecular weight is 540 g/mol. The van der Waals surface area contributed by atoms with E-state index in [0.717, 1.165) is 29.9 Å². The highest BCUT2D eigenvalue weighted by molar-refractivity contribution is 7.89. The number of hydrazone groups is 1. The largest absolute Gasteiger partial charge is 0.274 e. The number of carbonyl (C=O) groups excluding carboxylic acids is 1. The molecule has 1 saturated carbocycles. The Hall–Kier alpha value is -2.59. The van der Waals surface area contributed by atoms with Crippen molar-refractivity contribution in [3.63, 3.8) is 0 Å². The van der Waals surface area contributed by atoms with Crippen molar-refractivity contribution in [3.05, 3.63) is 80.2 Å². The number of thiophene rings is 2. The Morgan fingerprint density at radius 1 is 1.08 bits per heavy atom. The summed E-state index contributed by atoms with van der Waals surface area (Å²) in [5, 5.41) is 10.7. The molecule has 0 bridgehead atoms. The van der Waals surface area contributed by atoms with Crippen LogP contribution in [0.3, 0.4) is 0 Å². The third-order valence-corrected chi connectivity index (χ3v) is 10.7. The van der Waals surface area contributed by atoms with Crippen LogP contribution in [0.25, 0.3) is 6.08 Å². The summed E-state index contributed by atoms with van der Waals surface area (Å²) in [7, 11) is -3.58. The first kappa shape index (κ1) is 25.1. The Kier molecular flexibility index (Phi) is 7.25. The third-order valence-electron chi connectivity index (χ3n) is 6.85. The number of carbonyl (C=O) groups is 1. The lowest BCUT2D eigenvalue weighted by atomic mass is 9.79. The van der Waals surface area contributed by atoms with Gasteiger partial charge >= 0.3 is 0 Å². The van der Waals surface area contributed by atoms with Gasteiger partial charge in [-0.2, -0.15) is 9.41 Å². The normalized spacial score (nSPS) is 21.1. The molecule has 2 unspecified atom stereocenters. The van der Waals surface area contributed by atoms with Crippen LogP contribution in [0.15, 0.2) is 74.9 Å². The zero-order chi connectivity index (χ0) is 25.3. The second kappa shape index (κ2) is 10.4. The number of allylic oxidation sites excluding steroid dienone is 1. The van der Waals surface area contributed by atoms with Crippen LogP contribution >= 0.6 is 22.7 Å². The van der Waals surface area contributed by atoms with Crippen LogP contribution in [-0.2, 0) is 10.0 Å². The molecule has 2 aliphatic rings. The van der Waals surface area contributed by atoms with Crippen molar-refractivity contribution in [2.75, 3.05) is 13.1 Å². The smallest absolute Gasteiger partial charge is 0.267 e. The number of benzene rings is 1. The maximum Gasteiger partial charge on any atom is 0.274 e. The summed E-state index contributed by atoms with van der Waals surface area (Å²) in [4.78, 5) is 16.3. The van der Waals surface area contributed by atoms with Crippen LogP contribution in [0.2, 0.25) is 0 Å². The number of hydrogen-bond donors (Lipinski definition) is 0. The van der Waals surface area contributed by atoms with Crippen LogP contribution in [0.4, 0.5) is 0 Å². The zero-order valence-electron chi connectivity index (χ0n) is 20.3. The summed E-state index contributed by atoms with van der Waals surface area (Å²) < 4.78 is 27.2. The lowest BCUT2D eigenvalue weighted by molar-refractivity contribution is 0.0684. The summed E-state index contributed by atoms with van der Waals surface area (Å²) in [6, 6.07) is 14.3. The zero-order valence-corrected chi connectivity index (χ0v) is 22.8. The molecule has 0 saturated heterocycles. The Morgan fingerprint density at radius 2 is 1.81 bits per heavy atom. The van der Waals surface area contributed by atoms with Gasteiger partial charge in [-0.25, -0.2) is 13.4 Å². The number of nitrogens with zero attached hydrogens (tertiary/aromatic N) is 3. The van der Waals surface area contributed by atoms with Gasteiger partial charge in [-0.3, -0.25) is 4.79 Å². The van der Waals surface area contributed by atoms with Gasteiger partial charge in [0, 0.05) is 34.3 Å². The van der Waals surface area contributed by atoms with E-state index in [1.54, 1.807) is 39.8 Å². The van der Waals surface area contributed by atoms with Gasteiger partial charge in [0.1, 0.15) is 0 Å². The Balaban J connectivity index is 1.49. The minimum Gasteiger partial charge on any atom is -0.267 e. The molecule has 3 aromatic rings. The molecule has 2 aromatic heterocycles. The molecule has 1 aliphatic carbocycles. The molecule has 0 spiro atoms. The van der Waals surface area contributed by atoms with Crippen LogP contribution in [-0.4, -0.2) is 42.4 Å². The fourth-order valence-electron chi connectivity index (χ4n) is 5.07. The molecular weight excluding hydrogens is 511 g/mol. The number of fused-ring (bicyclic) bond motifs is 1. The van der Waals surface area contributed by atoms with E-state index in [4.69, 9.17) is 5.10 Å². The molecule has 36 heavy (non-hydrogen) atoms. The molecule has 9 heteroatoms. The van der Waals surface area contributed by atoms with E-state index in [2.05, 4.69) is 23.6 Å². The third kappa shape index (κ3) is 4.61. The van der Waals surface area contributed by atoms with Crippen molar-refractivity contribution in [1.29, 1.82) is 0 Å². The molecule has 1 fully saturated rings. The van der Waals surface area contributed by atoms with Crippen LogP contribution in [0.5, 0.6) is 0 Å². The molecule has 6 nitrogen and oxygen atoms in total. The van der Waals surface area contributed by atoms with Crippen molar-refractivity contribution in [1.82, 2.24) is 9.31 Å². The molecule has 1 aromatic carbocycles. The van der Waals surface area contributed by atoms with Gasteiger partial charge in [0.25, 0.3) is 5.91 Å². The topological polar surface area (TPSA) is 70.1 Å². The highest BCUT2D eigenvalue weighted by atomic mass is 32.2. The van der Waals surface area contributed by atoms with E-state index in [9.17, 15) is 13.2 Å². The highest BCUT2D eigenvalue weighted by Crippen LogP contribution is 2.46. The van der Waals surface area contributed by atoms with Crippen molar-refractivity contribution in [2.45, 2.75) is 44.0 Å². The van der Waals surface area contributed by atoms with Crippen molar-refractivity contribution >= 4 is 50.4 Å². The maximum absolute atomic E-state index is 13.8. The van der Waals surface area contributed by atoms with E-state index in [1.807, 2.05) is 31.4 Å². The van der Waals surface area contributed by atoms with Crippen LogP contribution in [0, 0.1) is 5.92 Å². The van der Waals surface area contributed by atoms with Crippen molar-refractivity contribution in [3.8, 4) is 0 Å². The van der Waals surface area contributed by atoms with Gasteiger partial charge in [0.15, 0.2) is 0 Å². The molecule has 5 rings (SSSR count). The van der Waals surface area contributed by atoms with E-state index < -0.39 is 10.0 Å². The fraction of sp³-hybridized carbons (Fsp3) is 0.333. The standard InChI is InChI=1S/C27H29N3O3S3/c1-3-29(4-2)36(32,33)22-14-12-19(13-15-22)27(31)30-26(24-11-7-17-35-24)23-10-5-8-20(25(23)28-30)18-21-9-6-16-34-21/h6-7,9,11-18,23,26H,3-5,8,10H2,1-2H3/b20-18+. The molecule has 1 aliphatic heterocycles. The number of sulfonamides is 1. The van der Waals surface area contributed by atoms with E-state index in [1.165, 1.54) is 26.9 Å². The second-order valence-corrected chi connectivity index (χ2v) is 12.8. The average Bonchev–Trinajstić information content (AvgIpc) is 3.65. The monoisotopic (exact) mass is 539 g/mol. The Labute approximate surface area is 220 Å². The highest BCUT2D eigenvalue weighted by Gasteiger charge is 2.44. The summed E-state index contributed by atoms with van der Waals surface area (Å²) >= 11 is 3.34. The first-order chi connectivity index (χ1) is 17.4. The minimum absolute atomic E-state index is 0.148. The van der Waals surface area contributed by atoms with Gasteiger partial charge in [0.05, 0.1) is 16.6 Å². The van der Waals surface area contributed by atoms with E-state index in [-0.39, 0.29) is 22.8 Å². The molecule has 0 N–H and O–H groups in total. The second-order valence-electron chi connectivity index (χ2n) is 8.89. The summed E-state index contributed by atoms with van der Waals surface area (Å²) in [5.41, 5.74) is 2.63. The summed E-state index contributed by atoms with van der Waals surface area (Å²) in [6.07, 6.45) is 5.20. The van der Waals surface area contributed by atoms with Crippen molar-refractivity contribution in [2.24, 2.45) is 11.0 Å². The van der Waals surface area contributed by atoms with Gasteiger partial charge in [-0.05, 0) is 78.1 Å². The summed E-state index contributed by atoms with van der Waals surface area (Å²) in [5.74, 6) is -0.0626. The van der Waals surface area contributed by atoms with Gasteiger partial charge < -0.3 is 0 Å². The quantitative estimate of drug-likeness (QED) is 0.355. The Morgan fingerprint density at radius 3 is 2.44 bits per heavy atom. The molecule has 188 valence electrons. The van der Waals surface area contributed by atoms with Crippen LogP contribution in [0.1, 0.15) is 59.3 Å². The number of hydrogen-bond acceptors (Lipinski definition) is 6. The molecule has 2 atom stereocenters. The summed E-state index contributed by atoms with van der Waals surface area (Å²) in [6.45, 7) is 4.43. The van der Waals surface area contributed by atoms with E-state index in [0.29, 0.717) is 18.7 Å².